The maximum absolute atomic E-state index is 12.2. The molecule has 3 rings (SSSR count). The Balaban J connectivity index is 1.55. The van der Waals surface area contributed by atoms with E-state index in [-0.39, 0.29) is 5.91 Å². The lowest BCUT2D eigenvalue weighted by atomic mass is 9.99. The number of ether oxygens (including phenoxy) is 2. The number of amides is 1. The molecule has 1 amide bonds. The van der Waals surface area contributed by atoms with Crippen molar-refractivity contribution in [3.8, 4) is 11.5 Å². The Hall–Kier alpha value is -3.12. The molecule has 0 unspecified atom stereocenters. The van der Waals surface area contributed by atoms with Crippen molar-refractivity contribution in [3.05, 3.63) is 59.7 Å². The fourth-order valence-corrected chi connectivity index (χ4v) is 3.54. The van der Waals surface area contributed by atoms with Crippen LogP contribution in [0.25, 0.3) is 6.08 Å². The minimum absolute atomic E-state index is 0.315. The number of hydrogen-bond donors (Lipinski definition) is 1. The van der Waals surface area contributed by atoms with Gasteiger partial charge < -0.3 is 14.8 Å². The molecule has 31 heavy (non-hydrogen) atoms. The number of likely N-dealkylation sites (tertiary alicyclic amines) is 1. The number of piperidine rings is 1. The van der Waals surface area contributed by atoms with Crippen LogP contribution < -0.4 is 14.8 Å². The van der Waals surface area contributed by atoms with Crippen LogP contribution in [0, 0.1) is 5.92 Å². The van der Waals surface area contributed by atoms with Crippen LogP contribution in [-0.2, 0) is 4.79 Å². The van der Waals surface area contributed by atoms with Gasteiger partial charge in [0.1, 0.15) is 6.61 Å². The Morgan fingerprint density at radius 1 is 1.16 bits per heavy atom. The molecular formula is C25H30N2O4. The lowest BCUT2D eigenvalue weighted by molar-refractivity contribution is -0.111. The molecular weight excluding hydrogens is 392 g/mol. The summed E-state index contributed by atoms with van der Waals surface area (Å²) in [6.07, 6.45) is 6.33. The van der Waals surface area contributed by atoms with Gasteiger partial charge in [-0.2, -0.15) is 0 Å². The van der Waals surface area contributed by atoms with Crippen molar-refractivity contribution >= 4 is 24.0 Å². The van der Waals surface area contributed by atoms with E-state index < -0.39 is 0 Å². The number of carbonyl (C=O) groups excluding carboxylic acids is 2. The second-order valence-corrected chi connectivity index (χ2v) is 7.81. The summed E-state index contributed by atoms with van der Waals surface area (Å²) in [5.41, 5.74) is 1.73. The van der Waals surface area contributed by atoms with Crippen LogP contribution in [-0.4, -0.2) is 50.4 Å². The van der Waals surface area contributed by atoms with Crippen molar-refractivity contribution in [2.75, 3.05) is 38.7 Å². The molecule has 0 radical (unpaired) electrons. The number of methoxy groups -OCH3 is 1. The van der Waals surface area contributed by atoms with Gasteiger partial charge in [-0.1, -0.05) is 25.1 Å². The molecule has 1 N–H and O–H groups in total. The van der Waals surface area contributed by atoms with E-state index in [0.717, 1.165) is 31.1 Å². The first kappa shape index (κ1) is 22.6. The third-order valence-electron chi connectivity index (χ3n) is 5.50. The van der Waals surface area contributed by atoms with Gasteiger partial charge in [-0.3, -0.25) is 14.5 Å². The molecule has 1 saturated heterocycles. The summed E-state index contributed by atoms with van der Waals surface area (Å²) in [7, 11) is 1.60. The largest absolute Gasteiger partial charge is 0.493 e. The fraction of sp³-hybridized carbons (Fsp3) is 0.360. The molecule has 164 valence electrons. The molecule has 6 nitrogen and oxygen atoms in total. The highest BCUT2D eigenvalue weighted by molar-refractivity contribution is 6.04. The molecule has 0 spiro atoms. The quantitative estimate of drug-likeness (QED) is 0.483. The van der Waals surface area contributed by atoms with Gasteiger partial charge in [0.05, 0.1) is 12.8 Å². The fourth-order valence-electron chi connectivity index (χ4n) is 3.54. The molecule has 6 heteroatoms. The number of nitrogens with one attached hydrogen (secondary N) is 1. The smallest absolute Gasteiger partial charge is 0.248 e. The number of benzene rings is 2. The van der Waals surface area contributed by atoms with E-state index in [0.29, 0.717) is 35.6 Å². The molecule has 2 aromatic carbocycles. The van der Waals surface area contributed by atoms with Crippen molar-refractivity contribution in [1.82, 2.24) is 4.90 Å². The number of para-hydroxylation sites is 1. The van der Waals surface area contributed by atoms with Crippen LogP contribution in [0.5, 0.6) is 11.5 Å². The van der Waals surface area contributed by atoms with Crippen molar-refractivity contribution in [3.63, 3.8) is 0 Å². The highest BCUT2D eigenvalue weighted by atomic mass is 16.5. The van der Waals surface area contributed by atoms with Gasteiger partial charge in [0.2, 0.25) is 5.91 Å². The molecule has 2 aromatic rings. The zero-order valence-electron chi connectivity index (χ0n) is 18.2. The van der Waals surface area contributed by atoms with Gasteiger partial charge >= 0.3 is 0 Å². The van der Waals surface area contributed by atoms with Crippen molar-refractivity contribution in [1.29, 1.82) is 0 Å². The van der Waals surface area contributed by atoms with Crippen LogP contribution in [0.4, 0.5) is 5.69 Å². The molecule has 0 aliphatic carbocycles. The zero-order chi connectivity index (χ0) is 22.1. The third-order valence-corrected chi connectivity index (χ3v) is 5.50. The lowest BCUT2D eigenvalue weighted by Crippen LogP contribution is -2.35. The Morgan fingerprint density at radius 2 is 1.94 bits per heavy atom. The summed E-state index contributed by atoms with van der Waals surface area (Å²) in [5, 5.41) is 2.72. The first-order chi connectivity index (χ1) is 15.1. The number of rotatable bonds is 9. The maximum Gasteiger partial charge on any atom is 0.248 e. The van der Waals surface area contributed by atoms with Crippen molar-refractivity contribution in [2.45, 2.75) is 19.8 Å². The van der Waals surface area contributed by atoms with Gasteiger partial charge in [-0.05, 0) is 67.8 Å². The van der Waals surface area contributed by atoms with Crippen LogP contribution in [0.3, 0.4) is 0 Å². The van der Waals surface area contributed by atoms with Crippen LogP contribution in [0.15, 0.2) is 48.5 Å². The molecule has 1 heterocycles. The molecule has 0 atom stereocenters. The lowest BCUT2D eigenvalue weighted by Gasteiger charge is -2.30. The molecule has 1 aliphatic heterocycles. The summed E-state index contributed by atoms with van der Waals surface area (Å²) in [5.74, 6) is 1.82. The van der Waals surface area contributed by atoms with E-state index in [2.05, 4.69) is 17.1 Å². The molecule has 1 fully saturated rings. The van der Waals surface area contributed by atoms with Gasteiger partial charge in [0.15, 0.2) is 17.8 Å². The monoisotopic (exact) mass is 422 g/mol. The standard InChI is InChI=1S/C25H30N2O4/c1-19-11-13-27(14-12-19)15-16-31-23-9-7-20(17-24(23)30-2)8-10-25(29)26-22-6-4-3-5-21(22)18-28/h3-10,17-19H,11-16H2,1-2H3,(H,26,29)/b10-8+. The van der Waals surface area contributed by atoms with E-state index in [1.165, 1.54) is 18.9 Å². The molecule has 1 aliphatic rings. The first-order valence-corrected chi connectivity index (χ1v) is 10.7. The van der Waals surface area contributed by atoms with Crippen LogP contribution >= 0.6 is 0 Å². The Labute approximate surface area is 183 Å². The first-order valence-electron chi connectivity index (χ1n) is 10.7. The predicted octanol–water partition coefficient (Wildman–Crippen LogP) is 4.27. The highest BCUT2D eigenvalue weighted by Crippen LogP contribution is 2.28. The average molecular weight is 423 g/mol. The SMILES string of the molecule is COc1cc(/C=C/C(=O)Nc2ccccc2C=O)ccc1OCCN1CCC(C)CC1. The maximum atomic E-state index is 12.2. The second-order valence-electron chi connectivity index (χ2n) is 7.81. The van der Waals surface area contributed by atoms with E-state index in [1.54, 1.807) is 37.5 Å². The zero-order valence-corrected chi connectivity index (χ0v) is 18.2. The summed E-state index contributed by atoms with van der Waals surface area (Å²) >= 11 is 0. The Morgan fingerprint density at radius 3 is 2.68 bits per heavy atom. The van der Waals surface area contributed by atoms with E-state index in [1.807, 2.05) is 18.2 Å². The number of aldehydes is 1. The third kappa shape index (κ3) is 6.69. The topological polar surface area (TPSA) is 67.9 Å². The van der Waals surface area contributed by atoms with Crippen LogP contribution in [0.2, 0.25) is 0 Å². The number of anilines is 1. The average Bonchev–Trinajstić information content (AvgIpc) is 2.80. The van der Waals surface area contributed by atoms with Crippen molar-refractivity contribution in [2.24, 2.45) is 5.92 Å². The van der Waals surface area contributed by atoms with Gasteiger partial charge in [0.25, 0.3) is 0 Å². The number of carbonyl (C=O) groups is 2. The minimum atomic E-state index is -0.315. The second kappa shape index (κ2) is 11.3. The number of nitrogens with zero attached hydrogens (tertiary/aromatic N) is 1. The predicted molar refractivity (Wildman–Crippen MR) is 123 cm³/mol. The Bertz CT molecular complexity index is 917. The van der Waals surface area contributed by atoms with E-state index in [9.17, 15) is 9.59 Å². The highest BCUT2D eigenvalue weighted by Gasteiger charge is 2.15. The van der Waals surface area contributed by atoms with Gasteiger partial charge in [0, 0.05) is 18.2 Å². The summed E-state index contributed by atoms with van der Waals surface area (Å²) < 4.78 is 11.4. The summed E-state index contributed by atoms with van der Waals surface area (Å²) in [6.45, 7) is 6.08. The van der Waals surface area contributed by atoms with Crippen LogP contribution in [0.1, 0.15) is 35.7 Å². The number of hydrogen-bond acceptors (Lipinski definition) is 5. The molecule has 0 bridgehead atoms. The normalized spacial score (nSPS) is 15.0. The Kier molecular flexibility index (Phi) is 8.24. The molecule has 0 saturated carbocycles. The van der Waals surface area contributed by atoms with Gasteiger partial charge in [-0.15, -0.1) is 0 Å². The van der Waals surface area contributed by atoms with Crippen molar-refractivity contribution < 1.29 is 19.1 Å². The summed E-state index contributed by atoms with van der Waals surface area (Å²) in [4.78, 5) is 25.7. The summed E-state index contributed by atoms with van der Waals surface area (Å²) in [6, 6.07) is 12.4. The minimum Gasteiger partial charge on any atom is -0.493 e. The van der Waals surface area contributed by atoms with E-state index in [4.69, 9.17) is 9.47 Å². The molecule has 0 aromatic heterocycles. The van der Waals surface area contributed by atoms with E-state index >= 15 is 0 Å². The van der Waals surface area contributed by atoms with Gasteiger partial charge in [-0.25, -0.2) is 0 Å².